The molecular weight excluding hydrogens is 372 g/mol. The Morgan fingerprint density at radius 3 is 2.38 bits per heavy atom. The van der Waals surface area contributed by atoms with Gasteiger partial charge in [0.15, 0.2) is 0 Å². The SMILES string of the molecule is Cc1cccc(C[C@@H](CC(=O)Nc2nncs2)C(=O)Nc2nncs2)c1. The maximum absolute atomic E-state index is 12.7. The van der Waals surface area contributed by atoms with Gasteiger partial charge in [-0.25, -0.2) is 0 Å². The van der Waals surface area contributed by atoms with Gasteiger partial charge in [0.1, 0.15) is 11.0 Å². The monoisotopic (exact) mass is 388 g/mol. The number of aromatic nitrogens is 4. The fourth-order valence-corrected chi connectivity index (χ4v) is 3.35. The Bertz CT molecular complexity index is 867. The van der Waals surface area contributed by atoms with E-state index < -0.39 is 5.92 Å². The van der Waals surface area contributed by atoms with E-state index in [1.165, 1.54) is 33.7 Å². The lowest BCUT2D eigenvalue weighted by atomic mass is 9.94. The molecular formula is C16H16N6O2S2. The van der Waals surface area contributed by atoms with E-state index in [2.05, 4.69) is 31.0 Å². The number of carbonyl (C=O) groups excluding carboxylic acids is 2. The highest BCUT2D eigenvalue weighted by Gasteiger charge is 2.24. The van der Waals surface area contributed by atoms with E-state index in [1.807, 2.05) is 31.2 Å². The van der Waals surface area contributed by atoms with E-state index in [0.717, 1.165) is 11.1 Å². The van der Waals surface area contributed by atoms with Gasteiger partial charge in [-0.3, -0.25) is 9.59 Å². The zero-order valence-corrected chi connectivity index (χ0v) is 15.5. The van der Waals surface area contributed by atoms with Crippen molar-refractivity contribution < 1.29 is 9.59 Å². The number of carbonyl (C=O) groups is 2. The molecule has 2 amide bonds. The van der Waals surface area contributed by atoms with E-state index in [-0.39, 0.29) is 18.2 Å². The number of nitrogens with one attached hydrogen (secondary N) is 2. The third-order valence-corrected chi connectivity index (χ3v) is 4.78. The molecule has 8 nitrogen and oxygen atoms in total. The van der Waals surface area contributed by atoms with Crippen molar-refractivity contribution in [2.45, 2.75) is 19.8 Å². The summed E-state index contributed by atoms with van der Waals surface area (Å²) in [6, 6.07) is 7.88. The summed E-state index contributed by atoms with van der Waals surface area (Å²) in [4.78, 5) is 25.0. The molecule has 0 radical (unpaired) electrons. The molecule has 2 N–H and O–H groups in total. The molecule has 1 atom stereocenters. The maximum atomic E-state index is 12.7. The van der Waals surface area contributed by atoms with E-state index in [4.69, 9.17) is 0 Å². The van der Waals surface area contributed by atoms with Crippen molar-refractivity contribution in [2.75, 3.05) is 10.6 Å². The normalized spacial score (nSPS) is 11.7. The first-order chi connectivity index (χ1) is 12.6. The molecule has 0 unspecified atom stereocenters. The maximum Gasteiger partial charge on any atom is 0.230 e. The lowest BCUT2D eigenvalue weighted by Crippen LogP contribution is -2.29. The van der Waals surface area contributed by atoms with Crippen molar-refractivity contribution in [3.8, 4) is 0 Å². The van der Waals surface area contributed by atoms with E-state index >= 15 is 0 Å². The van der Waals surface area contributed by atoms with E-state index in [1.54, 1.807) is 0 Å². The highest BCUT2D eigenvalue weighted by Crippen LogP contribution is 2.19. The molecule has 3 aromatic rings. The quantitative estimate of drug-likeness (QED) is 0.644. The molecule has 0 bridgehead atoms. The Morgan fingerprint density at radius 2 is 1.77 bits per heavy atom. The summed E-state index contributed by atoms with van der Waals surface area (Å²) in [6.45, 7) is 1.99. The largest absolute Gasteiger partial charge is 0.301 e. The van der Waals surface area contributed by atoms with Gasteiger partial charge in [0.25, 0.3) is 0 Å². The number of aryl methyl sites for hydroxylation is 1. The van der Waals surface area contributed by atoms with Crippen LogP contribution in [0.5, 0.6) is 0 Å². The number of benzene rings is 1. The molecule has 26 heavy (non-hydrogen) atoms. The van der Waals surface area contributed by atoms with Crippen LogP contribution in [0, 0.1) is 12.8 Å². The average Bonchev–Trinajstić information content (AvgIpc) is 3.28. The van der Waals surface area contributed by atoms with Gasteiger partial charge < -0.3 is 10.6 Å². The lowest BCUT2D eigenvalue weighted by Gasteiger charge is -2.15. The summed E-state index contributed by atoms with van der Waals surface area (Å²) in [6.07, 6.45) is 0.466. The predicted molar refractivity (Wildman–Crippen MR) is 100 cm³/mol. The molecule has 0 spiro atoms. The number of nitrogens with zero attached hydrogens (tertiary/aromatic N) is 4. The van der Waals surface area contributed by atoms with Crippen LogP contribution >= 0.6 is 22.7 Å². The summed E-state index contributed by atoms with van der Waals surface area (Å²) < 4.78 is 0. The summed E-state index contributed by atoms with van der Waals surface area (Å²) in [5.74, 6) is -1.10. The van der Waals surface area contributed by atoms with Crippen LogP contribution in [-0.2, 0) is 16.0 Å². The van der Waals surface area contributed by atoms with Crippen LogP contribution in [0.1, 0.15) is 17.5 Å². The number of rotatable bonds is 7. The van der Waals surface area contributed by atoms with Gasteiger partial charge in [-0.15, -0.1) is 20.4 Å². The van der Waals surface area contributed by atoms with Crippen molar-refractivity contribution in [2.24, 2.45) is 5.92 Å². The van der Waals surface area contributed by atoms with Gasteiger partial charge in [-0.1, -0.05) is 52.5 Å². The summed E-state index contributed by atoms with van der Waals surface area (Å²) >= 11 is 2.45. The van der Waals surface area contributed by atoms with Crippen LogP contribution in [0.25, 0.3) is 0 Å². The van der Waals surface area contributed by atoms with Crippen molar-refractivity contribution in [3.63, 3.8) is 0 Å². The van der Waals surface area contributed by atoms with Crippen LogP contribution < -0.4 is 10.6 Å². The zero-order valence-electron chi connectivity index (χ0n) is 13.9. The van der Waals surface area contributed by atoms with Gasteiger partial charge in [0, 0.05) is 6.42 Å². The lowest BCUT2D eigenvalue weighted by molar-refractivity contribution is -0.124. The highest BCUT2D eigenvalue weighted by atomic mass is 32.1. The van der Waals surface area contributed by atoms with Gasteiger partial charge in [-0.05, 0) is 18.9 Å². The molecule has 0 fully saturated rings. The third kappa shape index (κ3) is 5.14. The van der Waals surface area contributed by atoms with Crippen LogP contribution in [-0.4, -0.2) is 32.2 Å². The van der Waals surface area contributed by atoms with Gasteiger partial charge >= 0.3 is 0 Å². The molecule has 2 heterocycles. The van der Waals surface area contributed by atoms with Crippen LogP contribution in [0.3, 0.4) is 0 Å². The molecule has 10 heteroatoms. The van der Waals surface area contributed by atoms with Crippen LogP contribution in [0.4, 0.5) is 10.3 Å². The minimum absolute atomic E-state index is 0.0260. The van der Waals surface area contributed by atoms with Crippen molar-refractivity contribution in [3.05, 3.63) is 46.4 Å². The number of hydrogen-bond donors (Lipinski definition) is 2. The second kappa shape index (κ2) is 8.59. The van der Waals surface area contributed by atoms with Gasteiger partial charge in [0.05, 0.1) is 5.92 Å². The Kier molecular flexibility index (Phi) is 5.97. The Morgan fingerprint density at radius 1 is 1.08 bits per heavy atom. The molecule has 0 aliphatic carbocycles. The van der Waals surface area contributed by atoms with Gasteiger partial charge in [-0.2, -0.15) is 0 Å². The van der Waals surface area contributed by atoms with Crippen LogP contribution in [0.2, 0.25) is 0 Å². The number of hydrogen-bond acceptors (Lipinski definition) is 8. The Labute approximate surface area is 157 Å². The minimum atomic E-state index is -0.548. The Hall–Kier alpha value is -2.72. The molecule has 0 aliphatic heterocycles. The van der Waals surface area contributed by atoms with E-state index in [9.17, 15) is 9.59 Å². The second-order valence-corrected chi connectivity index (χ2v) is 7.29. The van der Waals surface area contributed by atoms with Crippen molar-refractivity contribution in [1.29, 1.82) is 0 Å². The topological polar surface area (TPSA) is 110 Å². The average molecular weight is 388 g/mol. The number of anilines is 2. The Balaban J connectivity index is 1.71. The van der Waals surface area contributed by atoms with Crippen molar-refractivity contribution in [1.82, 2.24) is 20.4 Å². The zero-order chi connectivity index (χ0) is 18.4. The van der Waals surface area contributed by atoms with E-state index in [0.29, 0.717) is 16.7 Å². The molecule has 0 saturated carbocycles. The minimum Gasteiger partial charge on any atom is -0.301 e. The first-order valence-corrected chi connectivity index (χ1v) is 9.54. The summed E-state index contributed by atoms with van der Waals surface area (Å²) in [5.41, 5.74) is 5.16. The molecule has 1 aromatic carbocycles. The standard InChI is InChI=1S/C16H16N6O2S2/c1-10-3-2-4-11(5-10)6-12(14(24)20-16-22-18-9-26-16)7-13(23)19-15-21-17-8-25-15/h2-5,8-9,12H,6-7H2,1H3,(H,19,21,23)(H,20,22,24)/t12-/m0/s1. The molecule has 134 valence electrons. The fourth-order valence-electron chi connectivity index (χ4n) is 2.44. The smallest absolute Gasteiger partial charge is 0.230 e. The first kappa shape index (κ1) is 18.1. The van der Waals surface area contributed by atoms with Crippen LogP contribution in [0.15, 0.2) is 35.3 Å². The first-order valence-electron chi connectivity index (χ1n) is 7.79. The summed E-state index contributed by atoms with van der Waals surface area (Å²) in [7, 11) is 0. The predicted octanol–water partition coefficient (Wildman–Crippen LogP) is 2.52. The fraction of sp³-hybridized carbons (Fsp3) is 0.250. The second-order valence-electron chi connectivity index (χ2n) is 5.62. The number of amides is 2. The third-order valence-electron chi connectivity index (χ3n) is 3.56. The molecule has 0 aliphatic rings. The molecule has 2 aromatic heterocycles. The molecule has 0 saturated heterocycles. The highest BCUT2D eigenvalue weighted by molar-refractivity contribution is 7.13. The van der Waals surface area contributed by atoms with Crippen molar-refractivity contribution >= 4 is 44.8 Å². The molecule has 3 rings (SSSR count). The van der Waals surface area contributed by atoms with Gasteiger partial charge in [0.2, 0.25) is 22.1 Å². The summed E-state index contributed by atoms with van der Waals surface area (Å²) in [5, 5.41) is 21.2.